The van der Waals surface area contributed by atoms with E-state index in [9.17, 15) is 0 Å². The summed E-state index contributed by atoms with van der Waals surface area (Å²) in [5.74, 6) is 0. The average molecular weight is 172 g/mol. The van der Waals surface area contributed by atoms with Gasteiger partial charge in [-0.05, 0) is 43.1 Å². The van der Waals surface area contributed by atoms with Crippen LogP contribution in [0.1, 0.15) is 29.2 Å². The van der Waals surface area contributed by atoms with Crippen LogP contribution in [0.3, 0.4) is 0 Å². The summed E-state index contributed by atoms with van der Waals surface area (Å²) in [6.07, 6.45) is 2.25. The number of hydrogen-bond acceptors (Lipinski definition) is 2. The maximum absolute atomic E-state index is 8.73. The molecule has 66 valence electrons. The van der Waals surface area contributed by atoms with Crippen molar-refractivity contribution in [2.45, 2.75) is 18.9 Å². The maximum Gasteiger partial charge on any atom is 0.0991 e. The third kappa shape index (κ3) is 1.32. The van der Waals surface area contributed by atoms with E-state index >= 15 is 0 Å². The largest absolute Gasteiger partial charge is 0.313 e. The molecule has 0 radical (unpaired) electrons. The van der Waals surface area contributed by atoms with E-state index in [-0.39, 0.29) is 0 Å². The molecule has 0 saturated heterocycles. The second-order valence-corrected chi connectivity index (χ2v) is 3.41. The van der Waals surface area contributed by atoms with Crippen LogP contribution in [0.15, 0.2) is 18.2 Å². The van der Waals surface area contributed by atoms with Gasteiger partial charge in [-0.15, -0.1) is 0 Å². The van der Waals surface area contributed by atoms with Gasteiger partial charge in [0.25, 0.3) is 0 Å². The Morgan fingerprint density at radius 1 is 1.54 bits per heavy atom. The third-order valence-corrected chi connectivity index (χ3v) is 2.70. The number of hydrogen-bond donors (Lipinski definition) is 1. The molecule has 2 nitrogen and oxygen atoms in total. The highest BCUT2D eigenvalue weighted by Crippen LogP contribution is 2.30. The minimum Gasteiger partial charge on any atom is -0.313 e. The minimum atomic E-state index is 0.489. The van der Waals surface area contributed by atoms with Crippen LogP contribution in [-0.2, 0) is 6.42 Å². The molecular weight excluding hydrogens is 160 g/mol. The second-order valence-electron chi connectivity index (χ2n) is 3.41. The SMILES string of the molecule is CN[C@H]1CCc2cc(C#N)ccc21. The van der Waals surface area contributed by atoms with Crippen LogP contribution in [0.5, 0.6) is 0 Å². The number of benzene rings is 1. The number of nitrogens with zero attached hydrogens (tertiary/aromatic N) is 1. The Hall–Kier alpha value is -1.33. The van der Waals surface area contributed by atoms with Gasteiger partial charge < -0.3 is 5.32 Å². The highest BCUT2D eigenvalue weighted by molar-refractivity contribution is 5.42. The van der Waals surface area contributed by atoms with E-state index in [2.05, 4.69) is 17.5 Å². The Morgan fingerprint density at radius 3 is 3.08 bits per heavy atom. The quantitative estimate of drug-likeness (QED) is 0.700. The third-order valence-electron chi connectivity index (χ3n) is 2.70. The smallest absolute Gasteiger partial charge is 0.0991 e. The molecule has 1 atom stereocenters. The van der Waals surface area contributed by atoms with E-state index in [1.165, 1.54) is 11.1 Å². The van der Waals surface area contributed by atoms with E-state index in [4.69, 9.17) is 5.26 Å². The molecule has 0 aliphatic heterocycles. The van der Waals surface area contributed by atoms with Crippen molar-refractivity contribution < 1.29 is 0 Å². The first-order chi connectivity index (χ1) is 6.35. The first-order valence-electron chi connectivity index (χ1n) is 4.55. The fourth-order valence-corrected chi connectivity index (χ4v) is 1.99. The van der Waals surface area contributed by atoms with Crippen molar-refractivity contribution in [3.05, 3.63) is 34.9 Å². The molecule has 1 N–H and O–H groups in total. The van der Waals surface area contributed by atoms with Gasteiger partial charge in [-0.25, -0.2) is 0 Å². The second kappa shape index (κ2) is 3.20. The van der Waals surface area contributed by atoms with Crippen LogP contribution in [0.25, 0.3) is 0 Å². The summed E-state index contributed by atoms with van der Waals surface area (Å²) in [6.45, 7) is 0. The first-order valence-corrected chi connectivity index (χ1v) is 4.55. The molecule has 0 amide bonds. The van der Waals surface area contributed by atoms with Gasteiger partial charge >= 0.3 is 0 Å². The van der Waals surface area contributed by atoms with Crippen LogP contribution >= 0.6 is 0 Å². The maximum atomic E-state index is 8.73. The number of nitrogens with one attached hydrogen (secondary N) is 1. The van der Waals surface area contributed by atoms with E-state index in [1.807, 2.05) is 19.2 Å². The molecule has 0 aromatic heterocycles. The van der Waals surface area contributed by atoms with E-state index in [0.29, 0.717) is 6.04 Å². The first kappa shape index (κ1) is 8.28. The Kier molecular flexibility index (Phi) is 2.03. The van der Waals surface area contributed by atoms with E-state index < -0.39 is 0 Å². The summed E-state index contributed by atoms with van der Waals surface area (Å²) in [5.41, 5.74) is 3.47. The fraction of sp³-hybridized carbons (Fsp3) is 0.364. The van der Waals surface area contributed by atoms with Crippen LogP contribution in [0, 0.1) is 11.3 Å². The molecule has 0 spiro atoms. The van der Waals surface area contributed by atoms with Gasteiger partial charge in [0.05, 0.1) is 11.6 Å². The lowest BCUT2D eigenvalue weighted by Gasteiger charge is -2.09. The summed E-state index contributed by atoms with van der Waals surface area (Å²) >= 11 is 0. The Labute approximate surface area is 78.2 Å². The molecule has 0 saturated carbocycles. The standard InChI is InChI=1S/C11H12N2/c1-13-11-5-3-9-6-8(7-12)2-4-10(9)11/h2,4,6,11,13H,3,5H2,1H3/t11-/m0/s1. The molecule has 0 bridgehead atoms. The number of rotatable bonds is 1. The number of aryl methyl sites for hydroxylation is 1. The lowest BCUT2D eigenvalue weighted by Crippen LogP contribution is -2.12. The van der Waals surface area contributed by atoms with Gasteiger partial charge in [0.15, 0.2) is 0 Å². The molecular formula is C11H12N2. The zero-order valence-corrected chi connectivity index (χ0v) is 7.67. The van der Waals surface area contributed by atoms with E-state index in [0.717, 1.165) is 18.4 Å². The zero-order chi connectivity index (χ0) is 9.26. The lowest BCUT2D eigenvalue weighted by molar-refractivity contribution is 0.590. The van der Waals surface area contributed by atoms with Gasteiger partial charge in [0, 0.05) is 6.04 Å². The normalized spacial score (nSPS) is 19.5. The van der Waals surface area contributed by atoms with Gasteiger partial charge in [-0.2, -0.15) is 5.26 Å². The van der Waals surface area contributed by atoms with Crippen molar-refractivity contribution >= 4 is 0 Å². The summed E-state index contributed by atoms with van der Waals surface area (Å²) in [5, 5.41) is 12.0. The van der Waals surface area contributed by atoms with Crippen molar-refractivity contribution in [3.63, 3.8) is 0 Å². The average Bonchev–Trinajstić information content (AvgIpc) is 2.59. The van der Waals surface area contributed by atoms with Crippen molar-refractivity contribution in [1.29, 1.82) is 5.26 Å². The van der Waals surface area contributed by atoms with Crippen LogP contribution in [-0.4, -0.2) is 7.05 Å². The van der Waals surface area contributed by atoms with Gasteiger partial charge in [-0.1, -0.05) is 6.07 Å². The molecule has 1 aliphatic carbocycles. The summed E-state index contributed by atoms with van der Waals surface area (Å²) in [6, 6.07) is 8.63. The summed E-state index contributed by atoms with van der Waals surface area (Å²) < 4.78 is 0. The molecule has 1 aliphatic rings. The topological polar surface area (TPSA) is 35.8 Å². The van der Waals surface area contributed by atoms with Crippen molar-refractivity contribution in [2.24, 2.45) is 0 Å². The fourth-order valence-electron chi connectivity index (χ4n) is 1.99. The zero-order valence-electron chi connectivity index (χ0n) is 7.67. The summed E-state index contributed by atoms with van der Waals surface area (Å²) in [4.78, 5) is 0. The number of nitriles is 1. The molecule has 1 aromatic carbocycles. The van der Waals surface area contributed by atoms with Gasteiger partial charge in [-0.3, -0.25) is 0 Å². The molecule has 2 rings (SSSR count). The Morgan fingerprint density at radius 2 is 2.38 bits per heavy atom. The van der Waals surface area contributed by atoms with Crippen LogP contribution in [0.2, 0.25) is 0 Å². The lowest BCUT2D eigenvalue weighted by atomic mass is 10.1. The van der Waals surface area contributed by atoms with Crippen LogP contribution < -0.4 is 5.32 Å². The van der Waals surface area contributed by atoms with Gasteiger partial charge in [0.1, 0.15) is 0 Å². The molecule has 0 unspecified atom stereocenters. The highest BCUT2D eigenvalue weighted by atomic mass is 14.9. The highest BCUT2D eigenvalue weighted by Gasteiger charge is 2.20. The minimum absolute atomic E-state index is 0.489. The van der Waals surface area contributed by atoms with Crippen molar-refractivity contribution in [1.82, 2.24) is 5.32 Å². The molecule has 2 heteroatoms. The monoisotopic (exact) mass is 172 g/mol. The Bertz CT molecular complexity index is 363. The van der Waals surface area contributed by atoms with E-state index in [1.54, 1.807) is 0 Å². The molecule has 0 fully saturated rings. The predicted molar refractivity (Wildman–Crippen MR) is 51.3 cm³/mol. The molecule has 0 heterocycles. The van der Waals surface area contributed by atoms with Crippen molar-refractivity contribution in [2.75, 3.05) is 7.05 Å². The van der Waals surface area contributed by atoms with Crippen molar-refractivity contribution in [3.8, 4) is 6.07 Å². The Balaban J connectivity index is 2.41. The number of fused-ring (bicyclic) bond motifs is 1. The molecule has 1 aromatic rings. The van der Waals surface area contributed by atoms with Gasteiger partial charge in [0.2, 0.25) is 0 Å². The summed E-state index contributed by atoms with van der Waals surface area (Å²) in [7, 11) is 1.98. The predicted octanol–water partition coefficient (Wildman–Crippen LogP) is 1.76. The van der Waals surface area contributed by atoms with Crippen LogP contribution in [0.4, 0.5) is 0 Å². The molecule has 13 heavy (non-hydrogen) atoms.